The molecular formula is C5H9FeN6Na2O3+. The third kappa shape index (κ3) is 10800. The van der Waals surface area contributed by atoms with Crippen LogP contribution in [0, 0.1) is 64.1 Å². The van der Waals surface area contributed by atoms with Gasteiger partial charge in [-0.2, -0.15) is 0 Å². The predicted molar refractivity (Wildman–Crippen MR) is 47.3 cm³/mol. The first kappa shape index (κ1) is 131. The fraction of sp³-hybridized carbons (Fsp3) is 0. The second-order valence-corrected chi connectivity index (χ2v) is 0. The summed E-state index contributed by atoms with van der Waals surface area (Å²) in [5.41, 5.74) is 5.75. The summed E-state index contributed by atoms with van der Waals surface area (Å²) < 4.78 is 0. The number of hydrogen-bond acceptors (Lipinski definition) is 6. The number of nitroso groups, excluding NO2 is 1. The standard InChI is InChI=1S/5CHN.Fe.NO.2Na.2H2O/c5*1-2;;1-2;;;;/h5*1H;;;;;2*1H2/q;;;;;;-1;2*+1;;. The van der Waals surface area contributed by atoms with Crippen molar-refractivity contribution in [1.29, 1.82) is 26.3 Å². The summed E-state index contributed by atoms with van der Waals surface area (Å²) in [7, 11) is 0. The van der Waals surface area contributed by atoms with Crippen molar-refractivity contribution in [3.63, 3.8) is 0 Å². The smallest absolute Gasteiger partial charge is 0.577 e. The van der Waals surface area contributed by atoms with Crippen molar-refractivity contribution in [2.45, 2.75) is 0 Å². The molecule has 0 bridgehead atoms. The normalized spacial score (nSPS) is 0.824. The molecule has 0 saturated heterocycles. The molecule has 0 atom stereocenters. The summed E-state index contributed by atoms with van der Waals surface area (Å²) in [5.74, 6) is 0. The zero-order valence-electron chi connectivity index (χ0n) is 9.33. The third-order valence-electron chi connectivity index (χ3n) is 0. The van der Waals surface area contributed by atoms with Crippen molar-refractivity contribution in [3.8, 4) is 32.9 Å². The Balaban J connectivity index is -0.00000000267. The van der Waals surface area contributed by atoms with Crippen molar-refractivity contribution in [1.82, 2.24) is 0 Å². The van der Waals surface area contributed by atoms with Crippen LogP contribution < -0.4 is 59.1 Å². The summed E-state index contributed by atoms with van der Waals surface area (Å²) in [6, 6.07) is 0. The van der Waals surface area contributed by atoms with Gasteiger partial charge in [-0.25, -0.2) is 26.3 Å². The van der Waals surface area contributed by atoms with Crippen LogP contribution >= 0.6 is 0 Å². The third-order valence-corrected chi connectivity index (χ3v) is 0. The van der Waals surface area contributed by atoms with Gasteiger partial charge in [0.15, 0.2) is 0 Å². The van der Waals surface area contributed by atoms with Crippen LogP contribution in [0.1, 0.15) is 0 Å². The van der Waals surface area contributed by atoms with Gasteiger partial charge in [0.25, 0.3) is 0 Å². The van der Waals surface area contributed by atoms with Gasteiger partial charge < -0.3 is 21.5 Å². The van der Waals surface area contributed by atoms with E-state index in [1.807, 2.05) is 0 Å². The molecular weight excluding hydrogens is 294 g/mol. The molecule has 12 heteroatoms. The van der Waals surface area contributed by atoms with Crippen molar-refractivity contribution in [3.05, 3.63) is 10.5 Å². The topological polar surface area (TPSA) is 221 Å². The molecule has 0 aromatic carbocycles. The molecule has 0 heterocycles. The Kier molecular flexibility index (Phi) is 96400. The second-order valence-electron chi connectivity index (χ2n) is 0. The zero-order chi connectivity index (χ0) is 12.0. The average molecular weight is 303 g/mol. The maximum absolute atomic E-state index is 7.25. The Bertz CT molecular complexity index is 105. The molecule has 0 saturated carbocycles. The van der Waals surface area contributed by atoms with E-state index in [4.69, 9.17) is 36.8 Å². The van der Waals surface area contributed by atoms with Crippen LogP contribution in [0.3, 0.4) is 0 Å². The van der Waals surface area contributed by atoms with E-state index in [2.05, 4.69) is 32.9 Å². The molecule has 0 spiro atoms. The van der Waals surface area contributed by atoms with Gasteiger partial charge in [-0.3, -0.25) is 0 Å². The van der Waals surface area contributed by atoms with Gasteiger partial charge in [0, 0.05) is 49.9 Å². The Labute approximate surface area is 155 Å². The quantitative estimate of drug-likeness (QED) is 0.395. The molecule has 86 valence electrons. The molecule has 0 fully saturated rings. The van der Waals surface area contributed by atoms with Crippen molar-refractivity contribution >= 4 is 0 Å². The summed E-state index contributed by atoms with van der Waals surface area (Å²) >= 11 is 0. The Hall–Kier alpha value is -0.511. The largest absolute Gasteiger partial charge is 1.00 e. The van der Waals surface area contributed by atoms with Crippen molar-refractivity contribution < 1.29 is 87.1 Å². The Morgan fingerprint density at radius 2 is 0.529 bits per heavy atom. The molecule has 0 aromatic heterocycles. The van der Waals surface area contributed by atoms with E-state index in [1.165, 1.54) is 0 Å². The van der Waals surface area contributed by atoms with Gasteiger partial charge in [-0.1, -0.05) is 0 Å². The van der Waals surface area contributed by atoms with Crippen LogP contribution in [0.2, 0.25) is 0 Å². The van der Waals surface area contributed by atoms with E-state index in [0.717, 1.165) is 0 Å². The number of rotatable bonds is 0. The number of nitriles is 5. The predicted octanol–water partition coefficient (Wildman–Crippen LogP) is -6.62. The van der Waals surface area contributed by atoms with Crippen LogP contribution in [-0.4, -0.2) is 11.0 Å². The zero-order valence-corrected chi connectivity index (χ0v) is 14.4. The van der Waals surface area contributed by atoms with E-state index in [-0.39, 0.29) is 87.1 Å². The van der Waals surface area contributed by atoms with Crippen LogP contribution in [0.4, 0.5) is 0 Å². The first-order chi connectivity index (χ1) is 6.00. The molecule has 0 amide bonds. The average Bonchev–Trinajstić information content (AvgIpc) is 2.33. The summed E-state index contributed by atoms with van der Waals surface area (Å²) in [6.07, 6.45) is 0. The Morgan fingerprint density at radius 1 is 0.529 bits per heavy atom. The van der Waals surface area contributed by atoms with E-state index in [1.54, 1.807) is 0 Å². The van der Waals surface area contributed by atoms with Gasteiger partial charge >= 0.3 is 59.1 Å². The molecule has 0 rings (SSSR count). The molecule has 17 heavy (non-hydrogen) atoms. The van der Waals surface area contributed by atoms with Crippen molar-refractivity contribution in [2.24, 2.45) is 0 Å². The molecule has 0 aliphatic rings. The van der Waals surface area contributed by atoms with E-state index >= 15 is 0 Å². The minimum absolute atomic E-state index is 0. The van der Waals surface area contributed by atoms with Crippen LogP contribution in [0.5, 0.6) is 0 Å². The molecule has 4 N–H and O–H groups in total. The van der Waals surface area contributed by atoms with Crippen LogP contribution in [-0.2, 0) is 17.1 Å². The SMILES string of the molecule is C#N.C#N.C#N.C#N.C#N.O.O.[Fe].[N-]=O.[Na+].[Na+]. The molecule has 0 aliphatic heterocycles. The van der Waals surface area contributed by atoms with Crippen LogP contribution in [0.15, 0.2) is 0 Å². The minimum atomic E-state index is 0. The summed E-state index contributed by atoms with van der Waals surface area (Å²) in [5, 5.41) is 32.5. The number of nitrogens with zero attached hydrogens (tertiary/aromatic N) is 6. The summed E-state index contributed by atoms with van der Waals surface area (Å²) in [4.78, 5) is 7.25. The fourth-order valence-electron chi connectivity index (χ4n) is 0. The van der Waals surface area contributed by atoms with Gasteiger partial charge in [0.1, 0.15) is 0 Å². The maximum atomic E-state index is 7.25. The van der Waals surface area contributed by atoms with Gasteiger partial charge in [-0.15, -0.1) is 0 Å². The minimum Gasteiger partial charge on any atom is -0.577 e. The summed E-state index contributed by atoms with van der Waals surface area (Å²) in [6.45, 7) is 17.5. The van der Waals surface area contributed by atoms with E-state index in [9.17, 15) is 0 Å². The first-order valence-corrected chi connectivity index (χ1v) is 1.47. The number of hydrogen-bond donors (Lipinski definition) is 0. The first-order valence-electron chi connectivity index (χ1n) is 1.47. The van der Waals surface area contributed by atoms with Gasteiger partial charge in [-0.05, 0) is 0 Å². The molecule has 0 aromatic rings. The van der Waals surface area contributed by atoms with Crippen molar-refractivity contribution in [2.75, 3.05) is 0 Å². The molecule has 0 aliphatic carbocycles. The van der Waals surface area contributed by atoms with Gasteiger partial charge in [0.05, 0.1) is 0 Å². The second kappa shape index (κ2) is 12500. The van der Waals surface area contributed by atoms with E-state index in [0.29, 0.717) is 0 Å². The van der Waals surface area contributed by atoms with Crippen LogP contribution in [0.25, 0.3) is 5.59 Å². The monoisotopic (exact) mass is 303 g/mol. The molecule has 0 radical (unpaired) electrons. The molecule has 9 nitrogen and oxygen atoms in total. The maximum Gasteiger partial charge on any atom is 1.00 e. The Morgan fingerprint density at radius 3 is 0.529 bits per heavy atom. The molecule has 0 unspecified atom stereocenters. The van der Waals surface area contributed by atoms with E-state index < -0.39 is 0 Å². The fourth-order valence-corrected chi connectivity index (χ4v) is 0. The van der Waals surface area contributed by atoms with Gasteiger partial charge in [0.2, 0.25) is 0 Å².